The number of para-hydroxylation sites is 1. The molecule has 0 unspecified atom stereocenters. The molecule has 0 fully saturated rings. The second kappa shape index (κ2) is 10.2. The van der Waals surface area contributed by atoms with Crippen molar-refractivity contribution in [3.8, 4) is 11.5 Å². The summed E-state index contributed by atoms with van der Waals surface area (Å²) in [7, 11) is 1.61. The van der Waals surface area contributed by atoms with E-state index in [4.69, 9.17) is 25.0 Å². The van der Waals surface area contributed by atoms with Crippen LogP contribution >= 0.6 is 0 Å². The van der Waals surface area contributed by atoms with Crippen LogP contribution in [0, 0.1) is 10.8 Å². The zero-order valence-corrected chi connectivity index (χ0v) is 18.1. The quantitative estimate of drug-likeness (QED) is 0.202. The molecule has 0 aliphatic carbocycles. The van der Waals surface area contributed by atoms with E-state index in [0.29, 0.717) is 17.9 Å². The minimum absolute atomic E-state index is 0.116. The first-order chi connectivity index (χ1) is 16.2. The van der Waals surface area contributed by atoms with Gasteiger partial charge < -0.3 is 14.2 Å². The van der Waals surface area contributed by atoms with Gasteiger partial charge in [0, 0.05) is 11.0 Å². The molecule has 0 radical (unpaired) electrons. The summed E-state index contributed by atoms with van der Waals surface area (Å²) in [5, 5.41) is 16.5. The van der Waals surface area contributed by atoms with Crippen LogP contribution in [0.1, 0.15) is 16.8 Å². The Bertz CT molecular complexity index is 1300. The molecule has 0 aliphatic rings. The lowest BCUT2D eigenvalue weighted by Crippen LogP contribution is -2.05. The van der Waals surface area contributed by atoms with Crippen LogP contribution in [0.3, 0.4) is 0 Å². The van der Waals surface area contributed by atoms with Gasteiger partial charge in [-0.25, -0.2) is 4.98 Å². The van der Waals surface area contributed by atoms with Crippen LogP contribution in [0.15, 0.2) is 84.9 Å². The van der Waals surface area contributed by atoms with Gasteiger partial charge >= 0.3 is 0 Å². The summed E-state index contributed by atoms with van der Waals surface area (Å²) in [4.78, 5) is 4.63. The molecule has 0 atom stereocenters. The number of pyridine rings is 1. The maximum absolute atomic E-state index is 8.22. The van der Waals surface area contributed by atoms with Gasteiger partial charge in [-0.05, 0) is 53.6 Å². The van der Waals surface area contributed by atoms with Crippen molar-refractivity contribution < 1.29 is 14.2 Å². The van der Waals surface area contributed by atoms with Gasteiger partial charge in [-0.15, -0.1) is 0 Å². The first kappa shape index (κ1) is 21.8. The molecule has 0 spiro atoms. The number of hydrogen-bond donors (Lipinski definition) is 2. The van der Waals surface area contributed by atoms with Crippen molar-refractivity contribution in [2.45, 2.75) is 6.61 Å². The van der Waals surface area contributed by atoms with Crippen LogP contribution in [-0.4, -0.2) is 24.4 Å². The van der Waals surface area contributed by atoms with E-state index in [1.165, 1.54) is 0 Å². The fraction of sp³-hybridized carbons (Fsp3) is 0.0741. The van der Waals surface area contributed by atoms with E-state index >= 15 is 0 Å². The molecule has 3 aromatic carbocycles. The Labute approximate surface area is 192 Å². The van der Waals surface area contributed by atoms with Crippen LogP contribution in [0.4, 0.5) is 0 Å². The minimum Gasteiger partial charge on any atom is -0.497 e. The Morgan fingerprint density at radius 3 is 2.33 bits per heavy atom. The highest BCUT2D eigenvalue weighted by Crippen LogP contribution is 2.24. The third-order valence-electron chi connectivity index (χ3n) is 5.06. The van der Waals surface area contributed by atoms with E-state index in [1.807, 2.05) is 91.0 Å². The monoisotopic (exact) mass is 437 g/mol. The molecule has 1 aromatic heterocycles. The number of aromatic nitrogens is 1. The number of fused-ring (bicyclic) bond motifs is 1. The van der Waals surface area contributed by atoms with E-state index in [1.54, 1.807) is 7.11 Å². The lowest BCUT2D eigenvalue weighted by atomic mass is 10.0. The molecule has 6 nitrogen and oxygen atoms in total. The van der Waals surface area contributed by atoms with Gasteiger partial charge in [0.15, 0.2) is 6.40 Å². The lowest BCUT2D eigenvalue weighted by Gasteiger charge is -2.11. The smallest absolute Gasteiger partial charge is 0.221 e. The molecular weight excluding hydrogens is 414 g/mol. The number of ether oxygens (including phenoxy) is 3. The zero-order valence-electron chi connectivity index (χ0n) is 18.1. The van der Waals surface area contributed by atoms with E-state index in [2.05, 4.69) is 4.98 Å². The minimum atomic E-state index is -0.116. The summed E-state index contributed by atoms with van der Waals surface area (Å²) in [5.74, 6) is 1.33. The van der Waals surface area contributed by atoms with Crippen LogP contribution in [0.5, 0.6) is 11.5 Å². The fourth-order valence-electron chi connectivity index (χ4n) is 3.35. The molecular formula is C27H23N3O3. The van der Waals surface area contributed by atoms with Crippen molar-refractivity contribution in [2.24, 2.45) is 0 Å². The van der Waals surface area contributed by atoms with Gasteiger partial charge in [-0.3, -0.25) is 10.8 Å². The zero-order chi connectivity index (χ0) is 23.0. The topological polar surface area (TPSA) is 88.3 Å². The predicted molar refractivity (Wildman–Crippen MR) is 131 cm³/mol. The highest BCUT2D eigenvalue weighted by Gasteiger charge is 2.11. The largest absolute Gasteiger partial charge is 0.497 e. The highest BCUT2D eigenvalue weighted by molar-refractivity contribution is 6.24. The van der Waals surface area contributed by atoms with Crippen molar-refractivity contribution in [2.75, 3.05) is 7.11 Å². The third-order valence-corrected chi connectivity index (χ3v) is 5.06. The molecule has 33 heavy (non-hydrogen) atoms. The van der Waals surface area contributed by atoms with Crippen molar-refractivity contribution in [3.05, 3.63) is 102 Å². The maximum Gasteiger partial charge on any atom is 0.221 e. The first-order valence-corrected chi connectivity index (χ1v) is 10.3. The standard InChI is InChI=1S/C27H23N3O3/c1-31-23-12-6-19(7-13-23)16-25(27(29)33-18-28)20-9-14-24(15-10-20)32-17-22-11-8-21-4-2-3-5-26(21)30-22/h2-16,18,28-29H,17H2,1H3/b25-16+,28-18?,29-27?. The second-order valence-corrected chi connectivity index (χ2v) is 7.20. The number of nitrogens with zero attached hydrogens (tertiary/aromatic N) is 1. The number of methoxy groups -OCH3 is 1. The molecule has 164 valence electrons. The van der Waals surface area contributed by atoms with E-state index in [-0.39, 0.29) is 5.90 Å². The van der Waals surface area contributed by atoms with Gasteiger partial charge in [0.05, 0.1) is 18.3 Å². The Hall–Kier alpha value is -4.45. The van der Waals surface area contributed by atoms with Crippen molar-refractivity contribution in [1.29, 1.82) is 10.8 Å². The molecule has 0 aliphatic heterocycles. The van der Waals surface area contributed by atoms with Crippen molar-refractivity contribution >= 4 is 34.9 Å². The third kappa shape index (κ3) is 5.43. The van der Waals surface area contributed by atoms with Crippen molar-refractivity contribution in [3.63, 3.8) is 0 Å². The summed E-state index contributed by atoms with van der Waals surface area (Å²) in [6, 6.07) is 26.9. The summed E-state index contributed by atoms with van der Waals surface area (Å²) >= 11 is 0. The van der Waals surface area contributed by atoms with E-state index in [9.17, 15) is 0 Å². The van der Waals surface area contributed by atoms with Crippen LogP contribution in [-0.2, 0) is 11.3 Å². The normalized spacial score (nSPS) is 11.1. The second-order valence-electron chi connectivity index (χ2n) is 7.20. The molecule has 4 aromatic rings. The molecule has 4 rings (SSSR count). The SMILES string of the molecule is COc1ccc(/C=C(/C(=N)OC=N)c2ccc(OCc3ccc4ccccc4n3)cc2)cc1. The first-order valence-electron chi connectivity index (χ1n) is 10.3. The average molecular weight is 437 g/mol. The number of benzene rings is 3. The average Bonchev–Trinajstić information content (AvgIpc) is 2.87. The number of rotatable bonds is 8. The number of hydrogen-bond acceptors (Lipinski definition) is 6. The van der Waals surface area contributed by atoms with Crippen molar-refractivity contribution in [1.82, 2.24) is 4.98 Å². The summed E-state index contributed by atoms with van der Waals surface area (Å²) in [6.45, 7) is 0.353. The predicted octanol–water partition coefficient (Wildman–Crippen LogP) is 5.96. The molecule has 6 heteroatoms. The molecule has 0 saturated heterocycles. The van der Waals surface area contributed by atoms with Gasteiger partial charge in [-0.1, -0.05) is 48.5 Å². The number of nitrogens with one attached hydrogen (secondary N) is 2. The molecule has 0 saturated carbocycles. The van der Waals surface area contributed by atoms with Crippen LogP contribution in [0.25, 0.3) is 22.6 Å². The summed E-state index contributed by atoms with van der Waals surface area (Å²) < 4.78 is 16.1. The summed E-state index contributed by atoms with van der Waals surface area (Å²) in [5.41, 5.74) is 3.98. The van der Waals surface area contributed by atoms with Crippen LogP contribution < -0.4 is 9.47 Å². The van der Waals surface area contributed by atoms with Gasteiger partial charge in [-0.2, -0.15) is 0 Å². The Kier molecular flexibility index (Phi) is 6.75. The molecule has 1 heterocycles. The summed E-state index contributed by atoms with van der Waals surface area (Å²) in [6.07, 6.45) is 2.58. The Morgan fingerprint density at radius 2 is 1.61 bits per heavy atom. The van der Waals surface area contributed by atoms with Gasteiger partial charge in [0.25, 0.3) is 0 Å². The Morgan fingerprint density at radius 1 is 0.879 bits per heavy atom. The van der Waals surface area contributed by atoms with E-state index in [0.717, 1.165) is 39.9 Å². The maximum atomic E-state index is 8.22. The fourth-order valence-corrected chi connectivity index (χ4v) is 3.35. The molecule has 0 bridgehead atoms. The molecule has 0 amide bonds. The van der Waals surface area contributed by atoms with E-state index < -0.39 is 0 Å². The van der Waals surface area contributed by atoms with Crippen LogP contribution in [0.2, 0.25) is 0 Å². The Balaban J connectivity index is 1.51. The lowest BCUT2D eigenvalue weighted by molar-refractivity contribution is 0.302. The highest BCUT2D eigenvalue weighted by atomic mass is 16.5. The van der Waals surface area contributed by atoms with Gasteiger partial charge in [0.2, 0.25) is 5.90 Å². The van der Waals surface area contributed by atoms with Gasteiger partial charge in [0.1, 0.15) is 18.1 Å². The molecule has 2 N–H and O–H groups in total.